The van der Waals surface area contributed by atoms with Gasteiger partial charge in [-0.15, -0.1) is 11.8 Å². The molecule has 2 rings (SSSR count). The molecule has 2 aromatic rings. The van der Waals surface area contributed by atoms with Crippen molar-refractivity contribution < 1.29 is 0 Å². The molecule has 0 spiro atoms. The van der Waals surface area contributed by atoms with Crippen LogP contribution in [0.1, 0.15) is 30.5 Å². The topological polar surface area (TPSA) is 12.0 Å². The van der Waals surface area contributed by atoms with Crippen LogP contribution in [0.3, 0.4) is 0 Å². The fourth-order valence-corrected chi connectivity index (χ4v) is 3.36. The highest BCUT2D eigenvalue weighted by molar-refractivity contribution is 9.10. The van der Waals surface area contributed by atoms with Crippen LogP contribution in [0, 0.1) is 6.92 Å². The predicted molar refractivity (Wildman–Crippen MR) is 97.1 cm³/mol. The summed E-state index contributed by atoms with van der Waals surface area (Å²) < 4.78 is 1.13. The maximum Gasteiger partial charge on any atom is 0.0415 e. The number of halogens is 1. The van der Waals surface area contributed by atoms with Gasteiger partial charge in [-0.2, -0.15) is 0 Å². The van der Waals surface area contributed by atoms with Crippen LogP contribution in [0.25, 0.3) is 0 Å². The molecule has 0 aliphatic heterocycles. The van der Waals surface area contributed by atoms with Gasteiger partial charge in [0.05, 0.1) is 0 Å². The molecule has 1 unspecified atom stereocenters. The van der Waals surface area contributed by atoms with E-state index in [0.717, 1.165) is 23.2 Å². The van der Waals surface area contributed by atoms with Crippen molar-refractivity contribution in [2.24, 2.45) is 0 Å². The normalized spacial score (nSPS) is 12.3. The zero-order valence-corrected chi connectivity index (χ0v) is 15.0. The molecule has 0 bridgehead atoms. The Morgan fingerprint density at radius 3 is 2.33 bits per heavy atom. The van der Waals surface area contributed by atoms with E-state index in [4.69, 9.17) is 0 Å². The molecule has 0 radical (unpaired) electrons. The largest absolute Gasteiger partial charge is 0.309 e. The number of benzene rings is 2. The lowest BCUT2D eigenvalue weighted by Crippen LogP contribution is -2.24. The van der Waals surface area contributed by atoms with E-state index >= 15 is 0 Å². The summed E-state index contributed by atoms with van der Waals surface area (Å²) in [6, 6.07) is 17.8. The molecular formula is C18H22BrNS. The third-order valence-corrected chi connectivity index (χ3v) is 4.98. The molecule has 2 aromatic carbocycles. The maximum atomic E-state index is 3.66. The first-order valence-electron chi connectivity index (χ1n) is 7.37. The monoisotopic (exact) mass is 363 g/mol. The highest BCUT2D eigenvalue weighted by Gasteiger charge is 2.11. The van der Waals surface area contributed by atoms with Gasteiger partial charge in [0.2, 0.25) is 0 Å². The summed E-state index contributed by atoms with van der Waals surface area (Å²) in [5, 5.41) is 3.66. The van der Waals surface area contributed by atoms with E-state index in [9.17, 15) is 0 Å². The number of hydrogen-bond acceptors (Lipinski definition) is 2. The Balaban J connectivity index is 2.02. The lowest BCUT2D eigenvalue weighted by molar-refractivity contribution is 0.577. The van der Waals surface area contributed by atoms with Crippen molar-refractivity contribution in [3.05, 3.63) is 64.1 Å². The second-order valence-corrected chi connectivity index (χ2v) is 7.19. The van der Waals surface area contributed by atoms with Crippen LogP contribution in [0.5, 0.6) is 0 Å². The van der Waals surface area contributed by atoms with Crippen molar-refractivity contribution in [2.45, 2.75) is 31.2 Å². The second kappa shape index (κ2) is 8.62. The zero-order valence-electron chi connectivity index (χ0n) is 12.6. The van der Waals surface area contributed by atoms with Crippen LogP contribution >= 0.6 is 27.7 Å². The van der Waals surface area contributed by atoms with Gasteiger partial charge in [-0.1, -0.05) is 52.7 Å². The Kier molecular flexibility index (Phi) is 6.81. The zero-order chi connectivity index (χ0) is 15.1. The van der Waals surface area contributed by atoms with Gasteiger partial charge < -0.3 is 5.32 Å². The summed E-state index contributed by atoms with van der Waals surface area (Å²) in [5.41, 5.74) is 2.69. The maximum absolute atomic E-state index is 3.66. The number of aryl methyl sites for hydroxylation is 1. The summed E-state index contributed by atoms with van der Waals surface area (Å²) in [7, 11) is 0. The summed E-state index contributed by atoms with van der Waals surface area (Å²) >= 11 is 5.38. The highest BCUT2D eigenvalue weighted by atomic mass is 79.9. The first kappa shape index (κ1) is 16.6. The van der Waals surface area contributed by atoms with Crippen LogP contribution in [0.4, 0.5) is 0 Å². The van der Waals surface area contributed by atoms with Crippen molar-refractivity contribution in [2.75, 3.05) is 12.3 Å². The quantitative estimate of drug-likeness (QED) is 0.643. The Labute approximate surface area is 140 Å². The minimum absolute atomic E-state index is 0.402. The Bertz CT molecular complexity index is 536. The number of rotatable bonds is 7. The van der Waals surface area contributed by atoms with E-state index in [2.05, 4.69) is 83.6 Å². The van der Waals surface area contributed by atoms with Gasteiger partial charge in [0.1, 0.15) is 0 Å². The molecule has 112 valence electrons. The van der Waals surface area contributed by atoms with Gasteiger partial charge in [-0.05, 0) is 49.7 Å². The SMILES string of the molecule is CCCNC(CSc1ccc(Br)cc1)c1ccc(C)cc1. The van der Waals surface area contributed by atoms with Crippen LogP contribution in [0.15, 0.2) is 57.9 Å². The number of hydrogen-bond donors (Lipinski definition) is 1. The van der Waals surface area contributed by atoms with Gasteiger partial charge in [0.15, 0.2) is 0 Å². The average Bonchev–Trinajstić information content (AvgIpc) is 2.50. The second-order valence-electron chi connectivity index (χ2n) is 5.18. The summed E-state index contributed by atoms with van der Waals surface area (Å²) in [6.45, 7) is 5.40. The standard InChI is InChI=1S/C18H22BrNS/c1-3-12-20-18(15-6-4-14(2)5-7-15)13-21-17-10-8-16(19)9-11-17/h4-11,18,20H,3,12-13H2,1-2H3. The Morgan fingerprint density at radius 1 is 1.05 bits per heavy atom. The third kappa shape index (κ3) is 5.50. The number of nitrogens with one attached hydrogen (secondary N) is 1. The first-order chi connectivity index (χ1) is 10.2. The molecule has 0 heterocycles. The molecule has 0 aliphatic rings. The molecule has 1 nitrogen and oxygen atoms in total. The van der Waals surface area contributed by atoms with Crippen LogP contribution in [0.2, 0.25) is 0 Å². The minimum atomic E-state index is 0.402. The molecule has 21 heavy (non-hydrogen) atoms. The molecule has 0 fully saturated rings. The summed E-state index contributed by atoms with van der Waals surface area (Å²) in [6.07, 6.45) is 1.16. The smallest absolute Gasteiger partial charge is 0.0415 e. The van der Waals surface area contributed by atoms with Gasteiger partial charge >= 0.3 is 0 Å². The van der Waals surface area contributed by atoms with E-state index in [0.29, 0.717) is 6.04 Å². The summed E-state index contributed by atoms with van der Waals surface area (Å²) in [4.78, 5) is 1.31. The van der Waals surface area contributed by atoms with Gasteiger partial charge in [-0.3, -0.25) is 0 Å². The van der Waals surface area contributed by atoms with E-state index in [1.165, 1.54) is 16.0 Å². The van der Waals surface area contributed by atoms with E-state index < -0.39 is 0 Å². The predicted octanol–water partition coefficient (Wildman–Crippen LogP) is 5.59. The highest BCUT2D eigenvalue weighted by Crippen LogP contribution is 2.26. The molecular weight excluding hydrogens is 342 g/mol. The molecule has 0 saturated carbocycles. The summed E-state index contributed by atoms with van der Waals surface area (Å²) in [5.74, 6) is 1.05. The lowest BCUT2D eigenvalue weighted by Gasteiger charge is -2.19. The fourth-order valence-electron chi connectivity index (χ4n) is 2.10. The van der Waals surface area contributed by atoms with E-state index in [1.54, 1.807) is 0 Å². The van der Waals surface area contributed by atoms with Crippen molar-refractivity contribution in [3.8, 4) is 0 Å². The van der Waals surface area contributed by atoms with Gasteiger partial charge in [-0.25, -0.2) is 0 Å². The van der Waals surface area contributed by atoms with Crippen molar-refractivity contribution in [1.29, 1.82) is 0 Å². The molecule has 0 aliphatic carbocycles. The third-order valence-electron chi connectivity index (χ3n) is 3.35. The molecule has 1 N–H and O–H groups in total. The van der Waals surface area contributed by atoms with Crippen LogP contribution in [-0.2, 0) is 0 Å². The van der Waals surface area contributed by atoms with Gasteiger partial charge in [0, 0.05) is 21.2 Å². The van der Waals surface area contributed by atoms with Crippen molar-refractivity contribution >= 4 is 27.7 Å². The minimum Gasteiger partial charge on any atom is -0.309 e. The van der Waals surface area contributed by atoms with Crippen molar-refractivity contribution in [3.63, 3.8) is 0 Å². The average molecular weight is 364 g/mol. The molecule has 1 atom stereocenters. The molecule has 0 aromatic heterocycles. The van der Waals surface area contributed by atoms with Gasteiger partial charge in [0.25, 0.3) is 0 Å². The molecule has 0 saturated heterocycles. The fraction of sp³-hybridized carbons (Fsp3) is 0.333. The van der Waals surface area contributed by atoms with Crippen LogP contribution < -0.4 is 5.32 Å². The van der Waals surface area contributed by atoms with E-state index in [-0.39, 0.29) is 0 Å². The molecule has 3 heteroatoms. The first-order valence-corrected chi connectivity index (χ1v) is 9.15. The molecule has 0 amide bonds. The van der Waals surface area contributed by atoms with E-state index in [1.807, 2.05) is 11.8 Å². The Morgan fingerprint density at radius 2 is 1.71 bits per heavy atom. The number of thioether (sulfide) groups is 1. The Hall–Kier alpha value is -0.770. The van der Waals surface area contributed by atoms with Crippen LogP contribution in [-0.4, -0.2) is 12.3 Å². The van der Waals surface area contributed by atoms with Crippen molar-refractivity contribution in [1.82, 2.24) is 5.32 Å². The lowest BCUT2D eigenvalue weighted by atomic mass is 10.1.